The van der Waals surface area contributed by atoms with Crippen LogP contribution in [0.4, 0.5) is 26.3 Å². The van der Waals surface area contributed by atoms with E-state index in [4.69, 9.17) is 5.11 Å². The van der Waals surface area contributed by atoms with Crippen molar-refractivity contribution in [1.29, 1.82) is 0 Å². The monoisotopic (exact) mass is 380 g/mol. The average Bonchev–Trinajstić information content (AvgIpc) is 2.38. The normalized spacial score (nSPS) is 14.4. The van der Waals surface area contributed by atoms with E-state index in [1.807, 2.05) is 0 Å². The van der Waals surface area contributed by atoms with E-state index in [0.717, 1.165) is 0 Å². The van der Waals surface area contributed by atoms with E-state index in [0.29, 0.717) is 13.8 Å². The summed E-state index contributed by atoms with van der Waals surface area (Å²) in [5.74, 6) is -2.59. The first-order chi connectivity index (χ1) is 11.0. The Balaban J connectivity index is 5.08. The third-order valence-electron chi connectivity index (χ3n) is 3.43. The molecule has 0 saturated heterocycles. The Kier molecular flexibility index (Phi) is 7.08. The predicted octanol–water partition coefficient (Wildman–Crippen LogP) is 3.37. The maximum Gasteiger partial charge on any atom is 0.430 e. The van der Waals surface area contributed by atoms with Crippen LogP contribution in [0.5, 0.6) is 0 Å². The number of aliphatic hydroxyl groups is 1. The summed E-state index contributed by atoms with van der Waals surface area (Å²) < 4.78 is 81.0. The number of rotatable bonds is 7. The Hall–Kier alpha value is -1.78. The zero-order valence-corrected chi connectivity index (χ0v) is 13.6. The van der Waals surface area contributed by atoms with Crippen LogP contribution in [0.3, 0.4) is 0 Å². The predicted molar refractivity (Wildman–Crippen MR) is 72.5 cm³/mol. The SMILES string of the molecule is CC(=CCCCC(=O)OC(C)(C)C(O)(C(F)(F)F)C(F)(F)F)C(=O)O. The summed E-state index contributed by atoms with van der Waals surface area (Å²) in [5, 5.41) is 17.8. The fourth-order valence-corrected chi connectivity index (χ4v) is 1.91. The highest BCUT2D eigenvalue weighted by atomic mass is 19.4. The van der Waals surface area contributed by atoms with Crippen molar-refractivity contribution < 1.29 is 50.9 Å². The molecule has 0 saturated carbocycles. The van der Waals surface area contributed by atoms with Crippen LogP contribution in [0.25, 0.3) is 0 Å². The number of hydrogen-bond acceptors (Lipinski definition) is 4. The molecule has 0 rings (SSSR count). The highest BCUT2D eigenvalue weighted by Gasteiger charge is 2.78. The molecule has 25 heavy (non-hydrogen) atoms. The number of alkyl halides is 6. The molecular formula is C14H18F6O5. The van der Waals surface area contributed by atoms with E-state index < -0.39 is 41.9 Å². The van der Waals surface area contributed by atoms with Crippen LogP contribution in [0.1, 0.15) is 40.0 Å². The molecule has 0 heterocycles. The zero-order chi connectivity index (χ0) is 20.3. The molecule has 0 aliphatic rings. The fourth-order valence-electron chi connectivity index (χ4n) is 1.91. The van der Waals surface area contributed by atoms with Crippen LogP contribution >= 0.6 is 0 Å². The van der Waals surface area contributed by atoms with E-state index in [2.05, 4.69) is 4.74 Å². The van der Waals surface area contributed by atoms with Gasteiger partial charge in [-0.1, -0.05) is 6.08 Å². The van der Waals surface area contributed by atoms with E-state index in [9.17, 15) is 41.0 Å². The molecule has 0 fully saturated rings. The van der Waals surface area contributed by atoms with E-state index in [1.165, 1.54) is 13.0 Å². The van der Waals surface area contributed by atoms with Crippen molar-refractivity contribution in [2.75, 3.05) is 0 Å². The van der Waals surface area contributed by atoms with Crippen LogP contribution in [0.2, 0.25) is 0 Å². The largest absolute Gasteiger partial charge is 0.478 e. The lowest BCUT2D eigenvalue weighted by Crippen LogP contribution is -2.69. The van der Waals surface area contributed by atoms with E-state index >= 15 is 0 Å². The van der Waals surface area contributed by atoms with Crippen LogP contribution in [0.15, 0.2) is 11.6 Å². The Bertz CT molecular complexity index is 519. The van der Waals surface area contributed by atoms with Gasteiger partial charge in [-0.2, -0.15) is 26.3 Å². The molecule has 0 aliphatic heterocycles. The second-order valence-corrected chi connectivity index (χ2v) is 5.77. The molecule has 0 amide bonds. The molecular weight excluding hydrogens is 362 g/mol. The third-order valence-corrected chi connectivity index (χ3v) is 3.43. The number of allylic oxidation sites excluding steroid dienone is 1. The van der Waals surface area contributed by atoms with Gasteiger partial charge in [0.15, 0.2) is 5.60 Å². The van der Waals surface area contributed by atoms with Crippen LogP contribution in [0, 0.1) is 0 Å². The maximum absolute atomic E-state index is 12.8. The van der Waals surface area contributed by atoms with Gasteiger partial charge >= 0.3 is 24.3 Å². The van der Waals surface area contributed by atoms with Crippen LogP contribution in [-0.2, 0) is 14.3 Å². The van der Waals surface area contributed by atoms with Gasteiger partial charge in [-0.05, 0) is 33.6 Å². The lowest BCUT2D eigenvalue weighted by atomic mass is 9.84. The molecule has 0 aromatic carbocycles. The van der Waals surface area contributed by atoms with Gasteiger partial charge in [-0.25, -0.2) is 4.79 Å². The minimum absolute atomic E-state index is 0.0304. The first-order valence-corrected chi connectivity index (χ1v) is 6.95. The van der Waals surface area contributed by atoms with Crippen molar-refractivity contribution in [2.24, 2.45) is 0 Å². The van der Waals surface area contributed by atoms with Crippen molar-refractivity contribution in [2.45, 2.75) is 63.6 Å². The Morgan fingerprint density at radius 3 is 1.84 bits per heavy atom. The van der Waals surface area contributed by atoms with Gasteiger partial charge in [0, 0.05) is 12.0 Å². The number of carboxylic acid groups (broad SMARTS) is 1. The summed E-state index contributed by atoms with van der Waals surface area (Å²) >= 11 is 0. The zero-order valence-electron chi connectivity index (χ0n) is 13.6. The summed E-state index contributed by atoms with van der Waals surface area (Å²) in [6, 6.07) is 0. The summed E-state index contributed by atoms with van der Waals surface area (Å²) in [5.41, 5.74) is -8.60. The molecule has 0 aromatic rings. The first kappa shape index (κ1) is 23.2. The number of halogens is 6. The van der Waals surface area contributed by atoms with Crippen LogP contribution < -0.4 is 0 Å². The first-order valence-electron chi connectivity index (χ1n) is 6.95. The lowest BCUT2D eigenvalue weighted by Gasteiger charge is -2.43. The van der Waals surface area contributed by atoms with Crippen molar-refractivity contribution in [3.8, 4) is 0 Å². The summed E-state index contributed by atoms with van der Waals surface area (Å²) in [6.45, 7) is 1.89. The molecule has 146 valence electrons. The Morgan fingerprint density at radius 2 is 1.48 bits per heavy atom. The Morgan fingerprint density at radius 1 is 1.04 bits per heavy atom. The molecule has 0 unspecified atom stereocenters. The third kappa shape index (κ3) is 5.35. The van der Waals surface area contributed by atoms with Gasteiger partial charge < -0.3 is 14.9 Å². The number of unbranched alkanes of at least 4 members (excludes halogenated alkanes) is 1. The summed E-state index contributed by atoms with van der Waals surface area (Å²) in [7, 11) is 0. The highest BCUT2D eigenvalue weighted by Crippen LogP contribution is 2.50. The van der Waals surface area contributed by atoms with Crippen molar-refractivity contribution in [3.63, 3.8) is 0 Å². The summed E-state index contributed by atoms with van der Waals surface area (Å²) in [6.07, 6.45) is -11.6. The highest BCUT2D eigenvalue weighted by molar-refractivity contribution is 5.85. The summed E-state index contributed by atoms with van der Waals surface area (Å²) in [4.78, 5) is 22.0. The number of ether oxygens (including phenoxy) is 1. The fraction of sp³-hybridized carbons (Fsp3) is 0.714. The van der Waals surface area contributed by atoms with Gasteiger partial charge in [0.2, 0.25) is 0 Å². The molecule has 0 radical (unpaired) electrons. The number of carboxylic acids is 1. The van der Waals surface area contributed by atoms with Crippen molar-refractivity contribution >= 4 is 11.9 Å². The number of carbonyl (C=O) groups excluding carboxylic acids is 1. The molecule has 0 aliphatic carbocycles. The van der Waals surface area contributed by atoms with Crippen LogP contribution in [-0.4, -0.2) is 45.7 Å². The Labute approximate surface area is 139 Å². The van der Waals surface area contributed by atoms with E-state index in [1.54, 1.807) is 0 Å². The number of esters is 1. The smallest absolute Gasteiger partial charge is 0.430 e. The second-order valence-electron chi connectivity index (χ2n) is 5.77. The lowest BCUT2D eigenvalue weighted by molar-refractivity contribution is -0.407. The number of carbonyl (C=O) groups is 2. The molecule has 0 bridgehead atoms. The number of hydrogen-bond donors (Lipinski definition) is 2. The van der Waals surface area contributed by atoms with E-state index in [-0.39, 0.29) is 18.4 Å². The molecule has 5 nitrogen and oxygen atoms in total. The second kappa shape index (κ2) is 7.63. The quantitative estimate of drug-likeness (QED) is 0.306. The average molecular weight is 380 g/mol. The molecule has 0 spiro atoms. The minimum Gasteiger partial charge on any atom is -0.478 e. The van der Waals surface area contributed by atoms with Crippen molar-refractivity contribution in [3.05, 3.63) is 11.6 Å². The minimum atomic E-state index is -6.13. The molecule has 0 atom stereocenters. The van der Waals surface area contributed by atoms with Gasteiger partial charge in [-0.15, -0.1) is 0 Å². The van der Waals surface area contributed by atoms with Gasteiger partial charge in [0.25, 0.3) is 5.60 Å². The maximum atomic E-state index is 12.8. The van der Waals surface area contributed by atoms with Gasteiger partial charge in [-0.3, -0.25) is 4.79 Å². The van der Waals surface area contributed by atoms with Gasteiger partial charge in [0.1, 0.15) is 0 Å². The van der Waals surface area contributed by atoms with Crippen molar-refractivity contribution in [1.82, 2.24) is 0 Å². The molecule has 0 aromatic heterocycles. The van der Waals surface area contributed by atoms with Gasteiger partial charge in [0.05, 0.1) is 0 Å². The molecule has 2 N–H and O–H groups in total. The topological polar surface area (TPSA) is 83.8 Å². The molecule has 11 heteroatoms. The number of aliphatic carboxylic acids is 1. The standard InChI is InChI=1S/C14H18F6O5/c1-8(10(22)23)6-4-5-7-9(21)25-11(2,3)12(24,13(15,16)17)14(18,19)20/h6,24H,4-5,7H2,1-3H3,(H,22,23).